The molecule has 0 N–H and O–H groups in total. The molecule has 0 aromatic heterocycles. The largest absolute Gasteiger partial charge is 0.456 e. The van der Waals surface area contributed by atoms with Gasteiger partial charge < -0.3 is 9.47 Å². The van der Waals surface area contributed by atoms with Gasteiger partial charge >= 0.3 is 11.9 Å². The van der Waals surface area contributed by atoms with Gasteiger partial charge in [-0.3, -0.25) is 0 Å². The van der Waals surface area contributed by atoms with Crippen LogP contribution in [-0.4, -0.2) is 25.2 Å². The average Bonchev–Trinajstić information content (AvgIpc) is 2.52. The molecule has 0 aliphatic rings. The van der Waals surface area contributed by atoms with Crippen LogP contribution in [0.15, 0.2) is 0 Å². The highest BCUT2D eigenvalue weighted by Crippen LogP contribution is 2.03. The summed E-state index contributed by atoms with van der Waals surface area (Å²) in [7, 11) is 0. The van der Waals surface area contributed by atoms with Crippen molar-refractivity contribution >= 4 is 11.9 Å². The third kappa shape index (κ3) is 14.9. The summed E-state index contributed by atoms with van der Waals surface area (Å²) in [5, 5.41) is 0. The number of esters is 2. The van der Waals surface area contributed by atoms with Crippen molar-refractivity contribution in [3.63, 3.8) is 0 Å². The zero-order valence-electron chi connectivity index (χ0n) is 14.1. The van der Waals surface area contributed by atoms with E-state index in [1.54, 1.807) is 0 Å². The molecule has 0 aromatic rings. The Balaban J connectivity index is 3.56. The molecule has 0 aromatic carbocycles. The molecular formula is C18H30O4. The minimum Gasteiger partial charge on any atom is -0.456 e. The van der Waals surface area contributed by atoms with E-state index in [1.165, 1.54) is 25.7 Å². The zero-order chi connectivity index (χ0) is 16.5. The first-order chi connectivity index (χ1) is 10.7. The fourth-order valence-corrected chi connectivity index (χ4v) is 1.92. The molecule has 0 saturated carbocycles. The predicted octanol–water partition coefficient (Wildman–Crippen LogP) is 4.02. The van der Waals surface area contributed by atoms with E-state index < -0.39 is 11.9 Å². The second-order valence-corrected chi connectivity index (χ2v) is 5.35. The quantitative estimate of drug-likeness (QED) is 0.236. The number of carbonyl (C=O) groups is 2. The first-order valence-corrected chi connectivity index (χ1v) is 8.56. The van der Waals surface area contributed by atoms with Crippen LogP contribution < -0.4 is 0 Å². The van der Waals surface area contributed by atoms with Gasteiger partial charge in [0.05, 0.1) is 13.2 Å². The standard InChI is InChI=1S/C18H30O4/c1-3-5-7-9-11-15-21-17(19)13-14-18(20)22-16-12-10-8-6-4-2/h3-12,15-16H2,1-2H3. The van der Waals surface area contributed by atoms with Crippen molar-refractivity contribution in [1.82, 2.24) is 0 Å². The van der Waals surface area contributed by atoms with E-state index in [0.717, 1.165) is 38.5 Å². The van der Waals surface area contributed by atoms with Crippen LogP contribution in [0.5, 0.6) is 0 Å². The van der Waals surface area contributed by atoms with Crippen LogP contribution in [0.4, 0.5) is 0 Å². The normalized spacial score (nSPS) is 9.73. The monoisotopic (exact) mass is 310 g/mol. The lowest BCUT2D eigenvalue weighted by Gasteiger charge is -2.01. The SMILES string of the molecule is CCCCCCCOC(=O)C#CC(=O)OCCCCCCC. The average molecular weight is 310 g/mol. The molecule has 0 saturated heterocycles. The molecule has 4 nitrogen and oxygen atoms in total. The Morgan fingerprint density at radius 1 is 0.636 bits per heavy atom. The molecular weight excluding hydrogens is 280 g/mol. The Morgan fingerprint density at radius 2 is 1.00 bits per heavy atom. The minimum atomic E-state index is -0.657. The Kier molecular flexibility index (Phi) is 14.8. The van der Waals surface area contributed by atoms with Crippen LogP contribution >= 0.6 is 0 Å². The van der Waals surface area contributed by atoms with Gasteiger partial charge in [-0.25, -0.2) is 9.59 Å². The minimum absolute atomic E-state index is 0.365. The molecule has 0 amide bonds. The number of ether oxygens (including phenoxy) is 2. The fraction of sp³-hybridized carbons (Fsp3) is 0.778. The van der Waals surface area contributed by atoms with E-state index in [2.05, 4.69) is 25.7 Å². The summed E-state index contributed by atoms with van der Waals surface area (Å²) in [5.41, 5.74) is 0. The van der Waals surface area contributed by atoms with Crippen LogP contribution in [0.1, 0.15) is 78.1 Å². The molecule has 4 heteroatoms. The maximum Gasteiger partial charge on any atom is 0.384 e. The van der Waals surface area contributed by atoms with Crippen molar-refractivity contribution < 1.29 is 19.1 Å². The summed E-state index contributed by atoms with van der Waals surface area (Å²) in [6.45, 7) is 5.03. The zero-order valence-corrected chi connectivity index (χ0v) is 14.1. The summed E-state index contributed by atoms with van der Waals surface area (Å²) in [4.78, 5) is 22.6. The van der Waals surface area contributed by atoms with Crippen LogP contribution in [0.25, 0.3) is 0 Å². The topological polar surface area (TPSA) is 52.6 Å². The number of carbonyl (C=O) groups excluding carboxylic acids is 2. The van der Waals surface area contributed by atoms with Crippen LogP contribution in [0.3, 0.4) is 0 Å². The number of rotatable bonds is 12. The van der Waals surface area contributed by atoms with Crippen molar-refractivity contribution in [3.8, 4) is 11.8 Å². The van der Waals surface area contributed by atoms with Gasteiger partial charge in [0.25, 0.3) is 0 Å². The lowest BCUT2D eigenvalue weighted by Crippen LogP contribution is -2.06. The Hall–Kier alpha value is -1.50. The number of hydrogen-bond donors (Lipinski definition) is 0. The second kappa shape index (κ2) is 15.9. The van der Waals surface area contributed by atoms with E-state index in [4.69, 9.17) is 9.47 Å². The molecule has 0 unspecified atom stereocenters. The molecule has 0 fully saturated rings. The molecule has 0 radical (unpaired) electrons. The Bertz CT molecular complexity index is 320. The van der Waals surface area contributed by atoms with Gasteiger partial charge in [-0.2, -0.15) is 0 Å². The van der Waals surface area contributed by atoms with Gasteiger partial charge in [-0.1, -0.05) is 65.2 Å². The van der Waals surface area contributed by atoms with Crippen molar-refractivity contribution in [2.24, 2.45) is 0 Å². The fourth-order valence-electron chi connectivity index (χ4n) is 1.92. The molecule has 0 aliphatic carbocycles. The third-order valence-corrected chi connectivity index (χ3v) is 3.23. The van der Waals surface area contributed by atoms with E-state index in [0.29, 0.717) is 13.2 Å². The summed E-state index contributed by atoms with van der Waals surface area (Å²) in [6, 6.07) is 0. The highest BCUT2D eigenvalue weighted by molar-refractivity contribution is 5.98. The van der Waals surface area contributed by atoms with Crippen LogP contribution in [0, 0.1) is 11.8 Å². The van der Waals surface area contributed by atoms with Gasteiger partial charge in [-0.05, 0) is 12.8 Å². The van der Waals surface area contributed by atoms with Gasteiger partial charge in [0.1, 0.15) is 0 Å². The van der Waals surface area contributed by atoms with Gasteiger partial charge in [0.15, 0.2) is 0 Å². The molecule has 126 valence electrons. The number of hydrogen-bond acceptors (Lipinski definition) is 4. The third-order valence-electron chi connectivity index (χ3n) is 3.23. The van der Waals surface area contributed by atoms with Crippen molar-refractivity contribution in [1.29, 1.82) is 0 Å². The first-order valence-electron chi connectivity index (χ1n) is 8.56. The molecule has 0 atom stereocenters. The Labute approximate surface area is 134 Å². The summed E-state index contributed by atoms with van der Waals surface area (Å²) in [6.07, 6.45) is 10.9. The van der Waals surface area contributed by atoms with Crippen LogP contribution in [0.2, 0.25) is 0 Å². The Morgan fingerprint density at radius 3 is 1.36 bits per heavy atom. The van der Waals surface area contributed by atoms with Gasteiger partial charge in [0, 0.05) is 11.8 Å². The maximum absolute atomic E-state index is 11.3. The summed E-state index contributed by atoms with van der Waals surface area (Å²) in [5.74, 6) is 3.01. The van der Waals surface area contributed by atoms with E-state index in [9.17, 15) is 9.59 Å². The van der Waals surface area contributed by atoms with Crippen molar-refractivity contribution in [2.45, 2.75) is 78.1 Å². The van der Waals surface area contributed by atoms with Crippen LogP contribution in [-0.2, 0) is 19.1 Å². The molecule has 0 rings (SSSR count). The van der Waals surface area contributed by atoms with E-state index in [-0.39, 0.29) is 0 Å². The van der Waals surface area contributed by atoms with Crippen molar-refractivity contribution in [3.05, 3.63) is 0 Å². The second-order valence-electron chi connectivity index (χ2n) is 5.35. The summed E-state index contributed by atoms with van der Waals surface area (Å²) < 4.78 is 9.84. The molecule has 0 aliphatic heterocycles. The predicted molar refractivity (Wildman–Crippen MR) is 87.2 cm³/mol. The summed E-state index contributed by atoms with van der Waals surface area (Å²) >= 11 is 0. The maximum atomic E-state index is 11.3. The first kappa shape index (κ1) is 20.5. The highest BCUT2D eigenvalue weighted by Gasteiger charge is 2.00. The van der Waals surface area contributed by atoms with E-state index in [1.807, 2.05) is 0 Å². The van der Waals surface area contributed by atoms with Gasteiger partial charge in [0.2, 0.25) is 0 Å². The van der Waals surface area contributed by atoms with Gasteiger partial charge in [-0.15, -0.1) is 0 Å². The highest BCUT2D eigenvalue weighted by atomic mass is 16.5. The molecule has 0 bridgehead atoms. The van der Waals surface area contributed by atoms with E-state index >= 15 is 0 Å². The molecule has 0 heterocycles. The molecule has 22 heavy (non-hydrogen) atoms. The number of unbranched alkanes of at least 4 members (excludes halogenated alkanes) is 8. The molecule has 0 spiro atoms. The van der Waals surface area contributed by atoms with Crippen molar-refractivity contribution in [2.75, 3.05) is 13.2 Å². The lowest BCUT2D eigenvalue weighted by molar-refractivity contribution is -0.138. The smallest absolute Gasteiger partial charge is 0.384 e. The lowest BCUT2D eigenvalue weighted by atomic mass is 10.2.